The van der Waals surface area contributed by atoms with Gasteiger partial charge in [0.15, 0.2) is 0 Å². The molecule has 0 saturated heterocycles. The number of aromatic nitrogens is 3. The number of nitro groups is 2. The van der Waals surface area contributed by atoms with Crippen LogP contribution in [0.25, 0.3) is 0 Å². The van der Waals surface area contributed by atoms with Crippen molar-refractivity contribution >= 4 is 51.9 Å². The topological polar surface area (TPSA) is 190 Å². The van der Waals surface area contributed by atoms with Gasteiger partial charge in [0.1, 0.15) is 12.2 Å². The highest BCUT2D eigenvalue weighted by atomic mass is 35.5. The van der Waals surface area contributed by atoms with E-state index in [2.05, 4.69) is 15.0 Å². The second-order valence-corrected chi connectivity index (χ2v) is 11.2. The molecule has 0 bridgehead atoms. The Morgan fingerprint density at radius 2 is 1.16 bits per heavy atom. The number of nitrogen functional groups attached to an aromatic ring is 1. The zero-order valence-corrected chi connectivity index (χ0v) is 25.5. The molecule has 13 nitrogen and oxygen atoms in total. The lowest BCUT2D eigenvalue weighted by Gasteiger charge is -2.26. The van der Waals surface area contributed by atoms with Gasteiger partial charge in [-0.05, 0) is 63.9 Å². The van der Waals surface area contributed by atoms with Gasteiger partial charge in [-0.15, -0.1) is 0 Å². The molecule has 0 aromatic carbocycles. The zero-order chi connectivity index (χ0) is 32.2. The number of nitrogens with two attached hydrogens (primary N) is 1. The van der Waals surface area contributed by atoms with Crippen molar-refractivity contribution in [3.8, 4) is 11.8 Å². The third kappa shape index (κ3) is 11.2. The van der Waals surface area contributed by atoms with Gasteiger partial charge in [0, 0.05) is 24.5 Å². The van der Waals surface area contributed by atoms with E-state index in [-0.39, 0.29) is 33.8 Å². The van der Waals surface area contributed by atoms with Crippen molar-refractivity contribution in [3.05, 3.63) is 78.0 Å². The van der Waals surface area contributed by atoms with Crippen molar-refractivity contribution in [2.45, 2.75) is 76.1 Å². The number of pyridine rings is 3. The molecule has 3 N–H and O–H groups in total. The van der Waals surface area contributed by atoms with Crippen molar-refractivity contribution in [3.63, 3.8) is 0 Å². The Balaban J connectivity index is 0.000000168. The molecule has 3 aromatic rings. The molecule has 0 aliphatic heterocycles. The van der Waals surface area contributed by atoms with Crippen molar-refractivity contribution in [2.24, 2.45) is 0 Å². The predicted molar refractivity (Wildman–Crippen MR) is 162 cm³/mol. The Kier molecular flexibility index (Phi) is 13.5. The van der Waals surface area contributed by atoms with Crippen LogP contribution < -0.4 is 15.2 Å². The molecule has 0 atom stereocenters. The summed E-state index contributed by atoms with van der Waals surface area (Å²) in [7, 11) is 0. The molecule has 3 aromatic heterocycles. The molecule has 0 radical (unpaired) electrons. The fraction of sp³-hybridized carbons (Fsp3) is 0.444. The van der Waals surface area contributed by atoms with Gasteiger partial charge in [0.05, 0.1) is 42.9 Å². The van der Waals surface area contributed by atoms with Gasteiger partial charge in [-0.3, -0.25) is 20.2 Å². The summed E-state index contributed by atoms with van der Waals surface area (Å²) in [6.07, 6.45) is 14.1. The number of ether oxygens (including phenoxy) is 2. The van der Waals surface area contributed by atoms with Crippen LogP contribution in [-0.4, -0.2) is 48.2 Å². The summed E-state index contributed by atoms with van der Waals surface area (Å²) in [5.41, 5.74) is 5.31. The Morgan fingerprint density at radius 1 is 0.750 bits per heavy atom. The van der Waals surface area contributed by atoms with Crippen molar-refractivity contribution < 1.29 is 28.8 Å². The van der Waals surface area contributed by atoms with E-state index in [4.69, 9.17) is 55.1 Å². The lowest BCUT2D eigenvalue weighted by molar-refractivity contribution is -0.388. The van der Waals surface area contributed by atoms with E-state index in [9.17, 15) is 24.6 Å². The van der Waals surface area contributed by atoms with Gasteiger partial charge in [0.25, 0.3) is 11.8 Å². The maximum absolute atomic E-state index is 12.4. The normalized spacial score (nSPS) is 15.7. The van der Waals surface area contributed by atoms with Gasteiger partial charge in [-0.1, -0.05) is 34.8 Å². The lowest BCUT2D eigenvalue weighted by Crippen LogP contribution is -2.25. The predicted octanol–water partition coefficient (Wildman–Crippen LogP) is 7.14. The quantitative estimate of drug-likeness (QED) is 0.153. The monoisotopic (exact) mass is 674 g/mol. The van der Waals surface area contributed by atoms with Gasteiger partial charge in [-0.2, -0.15) is 4.39 Å². The number of halogens is 4. The van der Waals surface area contributed by atoms with E-state index in [0.717, 1.165) is 57.2 Å². The highest BCUT2D eigenvalue weighted by Crippen LogP contribution is 2.32. The number of anilines is 1. The molecule has 3 heterocycles. The number of aliphatic hydroxyl groups excluding tert-OH is 1. The van der Waals surface area contributed by atoms with Crippen LogP contribution >= 0.6 is 34.8 Å². The zero-order valence-electron chi connectivity index (χ0n) is 23.3. The van der Waals surface area contributed by atoms with Crippen LogP contribution in [0.15, 0.2) is 36.8 Å². The van der Waals surface area contributed by atoms with E-state index in [0.29, 0.717) is 22.7 Å². The van der Waals surface area contributed by atoms with Crippen LogP contribution in [-0.2, 0) is 0 Å². The Hall–Kier alpha value is -3.59. The first-order valence-electron chi connectivity index (χ1n) is 13.6. The number of rotatable bonds is 6. The molecular weight excluding hydrogens is 646 g/mol. The largest absolute Gasteiger partial charge is 0.473 e. The number of hydrogen-bond donors (Lipinski definition) is 2. The third-order valence-electron chi connectivity index (χ3n) is 6.56. The van der Waals surface area contributed by atoms with Crippen LogP contribution in [0.4, 0.5) is 21.5 Å². The first-order valence-corrected chi connectivity index (χ1v) is 14.7. The smallest absolute Gasteiger partial charge is 0.332 e. The Bertz CT molecular complexity index is 1430. The van der Waals surface area contributed by atoms with Gasteiger partial charge in [-0.25, -0.2) is 15.0 Å². The van der Waals surface area contributed by atoms with E-state index in [1.807, 2.05) is 0 Å². The first kappa shape index (κ1) is 34.9. The summed E-state index contributed by atoms with van der Waals surface area (Å²) in [4.78, 5) is 30.2. The first-order chi connectivity index (χ1) is 20.9. The molecule has 44 heavy (non-hydrogen) atoms. The van der Waals surface area contributed by atoms with Crippen molar-refractivity contribution in [1.82, 2.24) is 15.0 Å². The fourth-order valence-electron chi connectivity index (χ4n) is 3.40. The minimum Gasteiger partial charge on any atom is -0.473 e. The summed E-state index contributed by atoms with van der Waals surface area (Å²) < 4.78 is 23.3. The van der Waals surface area contributed by atoms with Crippen LogP contribution in [0.5, 0.6) is 11.8 Å². The molecule has 0 amide bonds. The Labute approximate surface area is 266 Å². The summed E-state index contributed by atoms with van der Waals surface area (Å²) in [5, 5.41) is 30.0. The SMILES string of the molecule is Nc1cc(Cl)cnc1OC1CCC1.O=[N+]([O-])c1cc(Cl)cnc1F.O=[N+]([O-])c1cc(Cl)cnc1OC1CCC1.OC1CCC1. The van der Waals surface area contributed by atoms with Crippen molar-refractivity contribution in [1.29, 1.82) is 0 Å². The second-order valence-electron chi connectivity index (χ2n) is 9.93. The van der Waals surface area contributed by atoms with Crippen LogP contribution in [0, 0.1) is 26.2 Å². The van der Waals surface area contributed by atoms with E-state index < -0.39 is 21.5 Å². The maximum Gasteiger partial charge on any atom is 0.332 e. The highest BCUT2D eigenvalue weighted by molar-refractivity contribution is 6.31. The van der Waals surface area contributed by atoms with Crippen molar-refractivity contribution in [2.75, 3.05) is 5.73 Å². The molecule has 3 aliphatic carbocycles. The van der Waals surface area contributed by atoms with E-state index >= 15 is 0 Å². The van der Waals surface area contributed by atoms with Gasteiger partial charge >= 0.3 is 11.4 Å². The summed E-state index contributed by atoms with van der Waals surface area (Å²) in [6, 6.07) is 3.81. The summed E-state index contributed by atoms with van der Waals surface area (Å²) in [5.74, 6) is -0.553. The molecular formula is C27H30Cl3FN6O7. The second kappa shape index (κ2) is 17.0. The number of hydrogen-bond acceptors (Lipinski definition) is 11. The summed E-state index contributed by atoms with van der Waals surface area (Å²) in [6.45, 7) is 0. The van der Waals surface area contributed by atoms with E-state index in [1.54, 1.807) is 12.3 Å². The molecule has 17 heteroatoms. The molecule has 3 aliphatic rings. The summed E-state index contributed by atoms with van der Waals surface area (Å²) >= 11 is 16.7. The molecule has 3 saturated carbocycles. The molecule has 238 valence electrons. The number of aliphatic hydroxyl groups is 1. The molecule has 0 unspecified atom stereocenters. The minimum absolute atomic E-state index is 0.0399. The van der Waals surface area contributed by atoms with E-state index in [1.165, 1.54) is 25.1 Å². The molecule has 6 rings (SSSR count). The average Bonchev–Trinajstić information content (AvgIpc) is 2.91. The van der Waals surface area contributed by atoms with Gasteiger partial charge < -0.3 is 20.3 Å². The molecule has 3 fully saturated rings. The number of nitrogens with zero attached hydrogens (tertiary/aromatic N) is 5. The third-order valence-corrected chi connectivity index (χ3v) is 7.18. The van der Waals surface area contributed by atoms with Crippen LogP contribution in [0.1, 0.15) is 57.8 Å². The van der Waals surface area contributed by atoms with Gasteiger partial charge in [0.2, 0.25) is 5.88 Å². The Morgan fingerprint density at radius 3 is 1.55 bits per heavy atom. The maximum atomic E-state index is 12.4. The minimum atomic E-state index is -1.13. The lowest BCUT2D eigenvalue weighted by atomic mass is 9.96. The standard InChI is InChI=1S/C9H9ClN2O3.C9H11ClN2O.C5H2ClFN2O2.C4H8O/c10-6-4-8(12(13)14)9(11-5-6)15-7-2-1-3-7;10-6-4-8(11)9(12-5-6)13-7-2-1-3-7;6-3-1-4(9(10)11)5(7)8-2-3;5-4-2-1-3-4/h4-5,7H,1-3H2;4-5,7H,1-3,11H2;1-2H;4-5H,1-3H2. The van der Waals surface area contributed by atoms with Crippen LogP contribution in [0.3, 0.4) is 0 Å². The average molecular weight is 676 g/mol. The fourth-order valence-corrected chi connectivity index (χ4v) is 3.87. The molecule has 0 spiro atoms. The highest BCUT2D eigenvalue weighted by Gasteiger charge is 2.25. The van der Waals surface area contributed by atoms with Crippen LogP contribution in [0.2, 0.25) is 15.1 Å².